The standard InChI is InChI=1S/C23H36ClNO3S/c1-3-23(13-6-14-23)20(26)9-5-8-17-16(11-12-18(17)24)7-4-10-21-25-15-19(29-21)22(27)28-2/h15-18,20,26H,3-14H2,1-2H3/t16-,17?,18+,20?/m0/s1. The first-order valence-corrected chi connectivity index (χ1v) is 12.6. The van der Waals surface area contributed by atoms with Gasteiger partial charge in [-0.3, -0.25) is 0 Å². The molecule has 4 nitrogen and oxygen atoms in total. The van der Waals surface area contributed by atoms with E-state index >= 15 is 0 Å². The third-order valence-electron chi connectivity index (χ3n) is 7.56. The summed E-state index contributed by atoms with van der Waals surface area (Å²) in [6.45, 7) is 2.22. The Morgan fingerprint density at radius 3 is 2.83 bits per heavy atom. The Kier molecular flexibility index (Phi) is 8.41. The van der Waals surface area contributed by atoms with Gasteiger partial charge in [0, 0.05) is 5.38 Å². The number of halogens is 1. The van der Waals surface area contributed by atoms with Gasteiger partial charge in [0.2, 0.25) is 0 Å². The number of thiazole rings is 1. The Morgan fingerprint density at radius 1 is 1.38 bits per heavy atom. The number of hydrogen-bond donors (Lipinski definition) is 1. The monoisotopic (exact) mass is 441 g/mol. The zero-order chi connectivity index (χ0) is 20.9. The number of carbonyl (C=O) groups is 1. The van der Waals surface area contributed by atoms with E-state index in [9.17, 15) is 9.90 Å². The molecule has 4 atom stereocenters. The van der Waals surface area contributed by atoms with Crippen molar-refractivity contribution in [1.82, 2.24) is 4.98 Å². The fourth-order valence-electron chi connectivity index (χ4n) is 5.41. The summed E-state index contributed by atoms with van der Waals surface area (Å²) in [6.07, 6.45) is 14.9. The molecule has 29 heavy (non-hydrogen) atoms. The Morgan fingerprint density at radius 2 is 2.17 bits per heavy atom. The highest BCUT2D eigenvalue weighted by atomic mass is 35.5. The fraction of sp³-hybridized carbons (Fsp3) is 0.826. The number of aliphatic hydroxyl groups excluding tert-OH is 1. The normalized spacial score (nSPS) is 26.8. The smallest absolute Gasteiger partial charge is 0.349 e. The molecule has 1 aromatic rings. The number of aromatic nitrogens is 1. The van der Waals surface area contributed by atoms with E-state index in [0.29, 0.717) is 16.7 Å². The topological polar surface area (TPSA) is 59.4 Å². The van der Waals surface area contributed by atoms with E-state index < -0.39 is 0 Å². The second-order valence-electron chi connectivity index (χ2n) is 9.04. The highest BCUT2D eigenvalue weighted by Crippen LogP contribution is 2.48. The lowest BCUT2D eigenvalue weighted by Crippen LogP contribution is -2.40. The first kappa shape index (κ1) is 23.0. The van der Waals surface area contributed by atoms with Crippen LogP contribution in [0.3, 0.4) is 0 Å². The molecule has 0 spiro atoms. The van der Waals surface area contributed by atoms with E-state index in [4.69, 9.17) is 16.3 Å². The third kappa shape index (κ3) is 5.54. The third-order valence-corrected chi connectivity index (χ3v) is 9.14. The van der Waals surface area contributed by atoms with Crippen LogP contribution < -0.4 is 0 Å². The first-order valence-electron chi connectivity index (χ1n) is 11.3. The molecule has 2 aliphatic carbocycles. The summed E-state index contributed by atoms with van der Waals surface area (Å²) in [5.74, 6) is 0.951. The van der Waals surface area contributed by atoms with Crippen LogP contribution in [0.5, 0.6) is 0 Å². The van der Waals surface area contributed by atoms with E-state index in [1.807, 2.05) is 0 Å². The summed E-state index contributed by atoms with van der Waals surface area (Å²) in [4.78, 5) is 16.5. The molecular formula is C23H36ClNO3S. The van der Waals surface area contributed by atoms with Gasteiger partial charge in [-0.05, 0) is 81.5 Å². The van der Waals surface area contributed by atoms with Gasteiger partial charge < -0.3 is 9.84 Å². The van der Waals surface area contributed by atoms with E-state index in [1.54, 1.807) is 6.20 Å². The van der Waals surface area contributed by atoms with E-state index in [2.05, 4.69) is 11.9 Å². The Labute approximate surface area is 184 Å². The van der Waals surface area contributed by atoms with E-state index in [0.717, 1.165) is 50.0 Å². The quantitative estimate of drug-likeness (QED) is 0.338. The van der Waals surface area contributed by atoms with Crippen LogP contribution in [-0.2, 0) is 11.2 Å². The van der Waals surface area contributed by atoms with Gasteiger partial charge in [-0.15, -0.1) is 22.9 Å². The maximum atomic E-state index is 11.6. The molecule has 0 radical (unpaired) electrons. The zero-order valence-electron chi connectivity index (χ0n) is 17.9. The molecule has 0 bridgehead atoms. The first-order chi connectivity index (χ1) is 14.0. The van der Waals surface area contributed by atoms with Crippen molar-refractivity contribution in [2.45, 2.75) is 95.5 Å². The number of ether oxygens (including phenoxy) is 1. The average molecular weight is 442 g/mol. The maximum Gasteiger partial charge on any atom is 0.349 e. The molecule has 2 saturated carbocycles. The Hall–Kier alpha value is -0.650. The second kappa shape index (κ2) is 10.6. The number of rotatable bonds is 11. The molecule has 0 aromatic carbocycles. The van der Waals surface area contributed by atoms with Gasteiger partial charge >= 0.3 is 5.97 Å². The predicted molar refractivity (Wildman–Crippen MR) is 119 cm³/mol. The van der Waals surface area contributed by atoms with Gasteiger partial charge in [0.1, 0.15) is 4.88 Å². The molecule has 0 amide bonds. The van der Waals surface area contributed by atoms with Crippen molar-refractivity contribution in [3.05, 3.63) is 16.1 Å². The average Bonchev–Trinajstić information content (AvgIpc) is 3.29. The van der Waals surface area contributed by atoms with Crippen molar-refractivity contribution < 1.29 is 14.6 Å². The Balaban J connectivity index is 1.41. The minimum atomic E-state index is -0.302. The van der Waals surface area contributed by atoms with Crippen molar-refractivity contribution in [2.75, 3.05) is 7.11 Å². The van der Waals surface area contributed by atoms with Gasteiger partial charge in [0.25, 0.3) is 0 Å². The van der Waals surface area contributed by atoms with E-state index in [-0.39, 0.29) is 22.9 Å². The molecule has 2 unspecified atom stereocenters. The van der Waals surface area contributed by atoms with Crippen LogP contribution in [0, 0.1) is 17.3 Å². The largest absolute Gasteiger partial charge is 0.465 e. The number of carbonyl (C=O) groups excluding carboxylic acids is 1. The maximum absolute atomic E-state index is 11.6. The highest BCUT2D eigenvalue weighted by molar-refractivity contribution is 7.13. The number of nitrogens with zero attached hydrogens (tertiary/aromatic N) is 1. The van der Waals surface area contributed by atoms with Crippen LogP contribution in [0.4, 0.5) is 0 Å². The van der Waals surface area contributed by atoms with Crippen molar-refractivity contribution in [2.24, 2.45) is 17.3 Å². The number of aliphatic hydroxyl groups is 1. The van der Waals surface area contributed by atoms with Gasteiger partial charge in [0.15, 0.2) is 0 Å². The number of alkyl halides is 1. The van der Waals surface area contributed by atoms with Crippen LogP contribution in [0.15, 0.2) is 6.20 Å². The molecule has 3 rings (SSSR count). The zero-order valence-corrected chi connectivity index (χ0v) is 19.4. The van der Waals surface area contributed by atoms with Gasteiger partial charge in [-0.2, -0.15) is 0 Å². The van der Waals surface area contributed by atoms with E-state index in [1.165, 1.54) is 50.6 Å². The number of esters is 1. The Bertz CT molecular complexity index is 655. The number of aryl methyl sites for hydroxylation is 1. The van der Waals surface area contributed by atoms with Crippen LogP contribution in [0.25, 0.3) is 0 Å². The molecule has 0 aliphatic heterocycles. The van der Waals surface area contributed by atoms with Crippen molar-refractivity contribution >= 4 is 28.9 Å². The fourth-order valence-corrected chi connectivity index (χ4v) is 6.75. The second-order valence-corrected chi connectivity index (χ2v) is 10.7. The summed E-state index contributed by atoms with van der Waals surface area (Å²) >= 11 is 8.11. The summed E-state index contributed by atoms with van der Waals surface area (Å²) in [5, 5.41) is 12.0. The molecule has 1 aromatic heterocycles. The SMILES string of the molecule is CCC1(C(O)CCCC2[C@@H](CCCc3ncc(C(=O)OC)s3)CC[C@H]2Cl)CCC1. The molecule has 1 N–H and O–H groups in total. The molecule has 164 valence electrons. The number of methoxy groups -OCH3 is 1. The molecule has 2 fully saturated rings. The highest BCUT2D eigenvalue weighted by Gasteiger charge is 2.41. The minimum Gasteiger partial charge on any atom is -0.465 e. The van der Waals surface area contributed by atoms with Gasteiger partial charge in [-0.1, -0.05) is 19.8 Å². The summed E-state index contributed by atoms with van der Waals surface area (Å²) in [6, 6.07) is 0. The van der Waals surface area contributed by atoms with Crippen LogP contribution in [-0.4, -0.2) is 34.7 Å². The van der Waals surface area contributed by atoms with Gasteiger partial charge in [0.05, 0.1) is 24.4 Å². The molecule has 0 saturated heterocycles. The molecule has 1 heterocycles. The lowest BCUT2D eigenvalue weighted by Gasteiger charge is -2.45. The number of hydrogen-bond acceptors (Lipinski definition) is 5. The van der Waals surface area contributed by atoms with Crippen molar-refractivity contribution in [3.8, 4) is 0 Å². The lowest BCUT2D eigenvalue weighted by atomic mass is 9.62. The predicted octanol–water partition coefficient (Wildman–Crippen LogP) is 6.00. The van der Waals surface area contributed by atoms with Gasteiger partial charge in [-0.25, -0.2) is 9.78 Å². The summed E-state index contributed by atoms with van der Waals surface area (Å²) in [7, 11) is 1.40. The minimum absolute atomic E-state index is 0.135. The molecular weight excluding hydrogens is 406 g/mol. The summed E-state index contributed by atoms with van der Waals surface area (Å²) < 4.78 is 4.75. The van der Waals surface area contributed by atoms with Crippen LogP contribution in [0.2, 0.25) is 0 Å². The molecule has 6 heteroatoms. The summed E-state index contributed by atoms with van der Waals surface area (Å²) in [5.41, 5.74) is 0.214. The van der Waals surface area contributed by atoms with Crippen LogP contribution >= 0.6 is 22.9 Å². The molecule has 2 aliphatic rings. The van der Waals surface area contributed by atoms with Crippen LogP contribution in [0.1, 0.15) is 92.2 Å². The lowest BCUT2D eigenvalue weighted by molar-refractivity contribution is -0.0437. The van der Waals surface area contributed by atoms with Crippen molar-refractivity contribution in [1.29, 1.82) is 0 Å². The van der Waals surface area contributed by atoms with Crippen molar-refractivity contribution in [3.63, 3.8) is 0 Å².